The van der Waals surface area contributed by atoms with Crippen molar-refractivity contribution in [1.82, 2.24) is 0 Å². The number of unbranched alkanes of at least 4 members (excludes halogenated alkanes) is 4. The first-order chi connectivity index (χ1) is 9.85. The molecule has 1 aromatic carbocycles. The smallest absolute Gasteiger partial charge is 0.0420 e. The first kappa shape index (κ1) is 15.2. The summed E-state index contributed by atoms with van der Waals surface area (Å²) in [6.07, 6.45) is 9.08. The number of hydrogen-bond acceptors (Lipinski definition) is 2. The van der Waals surface area contributed by atoms with Crippen LogP contribution >= 0.6 is 0 Å². The van der Waals surface area contributed by atoms with Crippen LogP contribution in [0.3, 0.4) is 0 Å². The van der Waals surface area contributed by atoms with E-state index in [2.05, 4.69) is 42.3 Å². The number of rotatable bonds is 9. The van der Waals surface area contributed by atoms with Crippen LogP contribution in [0.15, 0.2) is 18.2 Å². The van der Waals surface area contributed by atoms with Gasteiger partial charge >= 0.3 is 0 Å². The highest BCUT2D eigenvalue weighted by molar-refractivity contribution is 5.65. The van der Waals surface area contributed by atoms with Crippen molar-refractivity contribution in [2.45, 2.75) is 58.8 Å². The standard InChI is InChI=1S/C18H30N2/c1-3-5-7-12-19-17-10-9-16-11-14-20(18(16)15-17)13-8-6-4-2/h9-10,15,19H,3-8,11-14H2,1-2H3. The lowest BCUT2D eigenvalue weighted by atomic mass is 10.1. The maximum absolute atomic E-state index is 3.57. The third kappa shape index (κ3) is 4.16. The molecule has 0 saturated carbocycles. The van der Waals surface area contributed by atoms with Crippen molar-refractivity contribution >= 4 is 11.4 Å². The van der Waals surface area contributed by atoms with Gasteiger partial charge in [-0.2, -0.15) is 0 Å². The average molecular weight is 274 g/mol. The molecule has 0 atom stereocenters. The van der Waals surface area contributed by atoms with Crippen LogP contribution in [0.5, 0.6) is 0 Å². The number of hydrogen-bond donors (Lipinski definition) is 1. The molecular formula is C18H30N2. The van der Waals surface area contributed by atoms with E-state index in [4.69, 9.17) is 0 Å². The lowest BCUT2D eigenvalue weighted by Crippen LogP contribution is -2.21. The summed E-state index contributed by atoms with van der Waals surface area (Å²) in [5.41, 5.74) is 4.30. The summed E-state index contributed by atoms with van der Waals surface area (Å²) in [5, 5.41) is 3.57. The summed E-state index contributed by atoms with van der Waals surface area (Å²) in [4.78, 5) is 2.57. The molecule has 0 fully saturated rings. The highest BCUT2D eigenvalue weighted by Gasteiger charge is 2.18. The molecule has 0 unspecified atom stereocenters. The third-order valence-electron chi connectivity index (χ3n) is 4.22. The minimum absolute atomic E-state index is 1.10. The predicted molar refractivity (Wildman–Crippen MR) is 89.9 cm³/mol. The van der Waals surface area contributed by atoms with Crippen molar-refractivity contribution in [3.8, 4) is 0 Å². The van der Waals surface area contributed by atoms with Crippen LogP contribution in [0, 0.1) is 0 Å². The Morgan fingerprint density at radius 2 is 1.85 bits per heavy atom. The summed E-state index contributed by atoms with van der Waals surface area (Å²) in [7, 11) is 0. The summed E-state index contributed by atoms with van der Waals surface area (Å²) in [6.45, 7) is 8.06. The fourth-order valence-electron chi connectivity index (χ4n) is 2.95. The minimum Gasteiger partial charge on any atom is -0.385 e. The fourth-order valence-corrected chi connectivity index (χ4v) is 2.95. The van der Waals surface area contributed by atoms with Gasteiger partial charge in [-0.3, -0.25) is 0 Å². The van der Waals surface area contributed by atoms with Crippen LogP contribution < -0.4 is 10.2 Å². The summed E-state index contributed by atoms with van der Waals surface area (Å²) >= 11 is 0. The quantitative estimate of drug-likeness (QED) is 0.648. The monoisotopic (exact) mass is 274 g/mol. The first-order valence-electron chi connectivity index (χ1n) is 8.47. The maximum Gasteiger partial charge on any atom is 0.0420 e. The molecule has 0 aliphatic carbocycles. The molecule has 2 heteroatoms. The van der Waals surface area contributed by atoms with E-state index in [0.717, 1.165) is 6.54 Å². The first-order valence-corrected chi connectivity index (χ1v) is 8.47. The molecule has 0 amide bonds. The van der Waals surface area contributed by atoms with Gasteiger partial charge in [0.05, 0.1) is 0 Å². The van der Waals surface area contributed by atoms with Crippen LogP contribution in [0.1, 0.15) is 57.9 Å². The lowest BCUT2D eigenvalue weighted by Gasteiger charge is -2.20. The third-order valence-corrected chi connectivity index (χ3v) is 4.22. The highest BCUT2D eigenvalue weighted by atomic mass is 15.1. The number of nitrogens with one attached hydrogen (secondary N) is 1. The van der Waals surface area contributed by atoms with Gasteiger partial charge < -0.3 is 10.2 Å². The van der Waals surface area contributed by atoms with Gasteiger partial charge in [-0.05, 0) is 37.0 Å². The van der Waals surface area contributed by atoms with Gasteiger partial charge in [-0.15, -0.1) is 0 Å². The highest BCUT2D eigenvalue weighted by Crippen LogP contribution is 2.31. The summed E-state index contributed by atoms with van der Waals surface area (Å²) in [5.74, 6) is 0. The van der Waals surface area contributed by atoms with Gasteiger partial charge in [-0.25, -0.2) is 0 Å². The Hall–Kier alpha value is -1.18. The SMILES string of the molecule is CCCCCNc1ccc2c(c1)N(CCCCC)CC2. The predicted octanol–water partition coefficient (Wildman–Crippen LogP) is 4.84. The average Bonchev–Trinajstić information content (AvgIpc) is 2.87. The zero-order chi connectivity index (χ0) is 14.2. The second-order valence-electron chi connectivity index (χ2n) is 5.92. The number of benzene rings is 1. The van der Waals surface area contributed by atoms with Gasteiger partial charge in [0.2, 0.25) is 0 Å². The fraction of sp³-hybridized carbons (Fsp3) is 0.667. The van der Waals surface area contributed by atoms with E-state index >= 15 is 0 Å². The zero-order valence-corrected chi connectivity index (χ0v) is 13.3. The van der Waals surface area contributed by atoms with Crippen LogP contribution in [0.2, 0.25) is 0 Å². The number of anilines is 2. The molecule has 2 rings (SSSR count). The second kappa shape index (κ2) is 8.18. The lowest BCUT2D eigenvalue weighted by molar-refractivity contribution is 0.688. The molecule has 1 aliphatic rings. The molecule has 0 aromatic heterocycles. The molecular weight excluding hydrogens is 244 g/mol. The Morgan fingerprint density at radius 1 is 1.05 bits per heavy atom. The Labute approximate surface area is 124 Å². The van der Waals surface area contributed by atoms with Crippen LogP contribution in [-0.2, 0) is 6.42 Å². The minimum atomic E-state index is 1.10. The van der Waals surface area contributed by atoms with Crippen LogP contribution in [0.25, 0.3) is 0 Å². The molecule has 0 spiro atoms. The molecule has 2 nitrogen and oxygen atoms in total. The van der Waals surface area contributed by atoms with E-state index in [-0.39, 0.29) is 0 Å². The molecule has 1 aliphatic heterocycles. The van der Waals surface area contributed by atoms with E-state index < -0.39 is 0 Å². The molecule has 0 bridgehead atoms. The molecule has 0 saturated heterocycles. The van der Waals surface area contributed by atoms with E-state index in [0.29, 0.717) is 0 Å². The van der Waals surface area contributed by atoms with E-state index in [1.165, 1.54) is 75.0 Å². The molecule has 20 heavy (non-hydrogen) atoms. The Bertz CT molecular complexity index is 400. The van der Waals surface area contributed by atoms with Gasteiger partial charge in [-0.1, -0.05) is 45.6 Å². The molecule has 112 valence electrons. The van der Waals surface area contributed by atoms with Crippen LogP contribution in [0.4, 0.5) is 11.4 Å². The second-order valence-corrected chi connectivity index (χ2v) is 5.92. The molecule has 1 heterocycles. The van der Waals surface area contributed by atoms with Crippen molar-refractivity contribution in [2.75, 3.05) is 29.9 Å². The van der Waals surface area contributed by atoms with Gasteiger partial charge in [0.25, 0.3) is 0 Å². The van der Waals surface area contributed by atoms with E-state index in [9.17, 15) is 0 Å². The van der Waals surface area contributed by atoms with Crippen LogP contribution in [-0.4, -0.2) is 19.6 Å². The molecule has 1 N–H and O–H groups in total. The van der Waals surface area contributed by atoms with Crippen molar-refractivity contribution in [3.63, 3.8) is 0 Å². The normalized spacial score (nSPS) is 13.6. The van der Waals surface area contributed by atoms with Crippen molar-refractivity contribution < 1.29 is 0 Å². The zero-order valence-electron chi connectivity index (χ0n) is 13.3. The largest absolute Gasteiger partial charge is 0.385 e. The van der Waals surface area contributed by atoms with Crippen molar-refractivity contribution in [2.24, 2.45) is 0 Å². The molecule has 1 aromatic rings. The Kier molecular flexibility index (Phi) is 6.23. The van der Waals surface area contributed by atoms with Gasteiger partial charge in [0.15, 0.2) is 0 Å². The van der Waals surface area contributed by atoms with E-state index in [1.807, 2.05) is 0 Å². The van der Waals surface area contributed by atoms with Crippen molar-refractivity contribution in [3.05, 3.63) is 23.8 Å². The summed E-state index contributed by atoms with van der Waals surface area (Å²) in [6, 6.07) is 6.93. The number of nitrogens with zero attached hydrogens (tertiary/aromatic N) is 1. The Morgan fingerprint density at radius 3 is 2.65 bits per heavy atom. The maximum atomic E-state index is 3.57. The van der Waals surface area contributed by atoms with Gasteiger partial charge in [0.1, 0.15) is 0 Å². The number of fused-ring (bicyclic) bond motifs is 1. The molecule has 0 radical (unpaired) electrons. The van der Waals surface area contributed by atoms with Crippen molar-refractivity contribution in [1.29, 1.82) is 0 Å². The van der Waals surface area contributed by atoms with Gasteiger partial charge in [0, 0.05) is 31.0 Å². The summed E-state index contributed by atoms with van der Waals surface area (Å²) < 4.78 is 0. The topological polar surface area (TPSA) is 15.3 Å². The van der Waals surface area contributed by atoms with E-state index in [1.54, 1.807) is 0 Å². The Balaban J connectivity index is 1.89.